The van der Waals surface area contributed by atoms with Crippen LogP contribution in [0.5, 0.6) is 0 Å². The number of fused-ring (bicyclic) bond motifs is 10. The van der Waals surface area contributed by atoms with E-state index < -0.39 is 95.5 Å². The van der Waals surface area contributed by atoms with Crippen molar-refractivity contribution in [1.29, 1.82) is 0 Å². The van der Waals surface area contributed by atoms with E-state index >= 15 is 0 Å². The quantitative estimate of drug-likeness (QED) is 0.313. The second kappa shape index (κ2) is 16.0. The van der Waals surface area contributed by atoms with Crippen LogP contribution >= 0.6 is 0 Å². The van der Waals surface area contributed by atoms with Gasteiger partial charge in [-0.1, -0.05) is 20.8 Å². The summed E-state index contributed by atoms with van der Waals surface area (Å²) in [6.45, 7) is 18.9. The molecule has 0 aliphatic carbocycles. The molecule has 5 fully saturated rings. The molecule has 5 aliphatic heterocycles. The van der Waals surface area contributed by atoms with Crippen LogP contribution in [0.4, 0.5) is 0 Å². The van der Waals surface area contributed by atoms with E-state index in [-0.39, 0.29) is 24.5 Å². The van der Waals surface area contributed by atoms with Crippen molar-refractivity contribution < 1.29 is 58.0 Å². The highest BCUT2D eigenvalue weighted by Gasteiger charge is 2.64. The van der Waals surface area contributed by atoms with Gasteiger partial charge in [-0.3, -0.25) is 4.79 Å². The van der Waals surface area contributed by atoms with Gasteiger partial charge in [0, 0.05) is 32.6 Å². The van der Waals surface area contributed by atoms with E-state index in [4.69, 9.17) is 37.9 Å². The monoisotopic (exact) mass is 731 g/mol. The predicted octanol–water partition coefficient (Wildman–Crippen LogP) is 3.42. The number of hydrogen-bond acceptors (Lipinski definition) is 13. The first-order chi connectivity index (χ1) is 23.6. The van der Waals surface area contributed by atoms with Crippen molar-refractivity contribution in [3.05, 3.63) is 0 Å². The molecule has 5 aliphatic rings. The lowest BCUT2D eigenvalue weighted by atomic mass is 9.68. The van der Waals surface area contributed by atoms with Crippen molar-refractivity contribution in [3.8, 4) is 0 Å². The lowest BCUT2D eigenvalue weighted by molar-refractivity contribution is -0.366. The van der Waals surface area contributed by atoms with Crippen LogP contribution in [0.2, 0.25) is 0 Å². The van der Waals surface area contributed by atoms with Gasteiger partial charge in [0.15, 0.2) is 12.6 Å². The van der Waals surface area contributed by atoms with Gasteiger partial charge in [0.05, 0.1) is 47.1 Å². The molecule has 13 heteroatoms. The molecule has 0 saturated carbocycles. The molecular weight excluding hydrogens is 662 g/mol. The highest BCUT2D eigenvalue weighted by molar-refractivity contribution is 5.73. The third kappa shape index (κ3) is 8.34. The van der Waals surface area contributed by atoms with Gasteiger partial charge < -0.3 is 58.1 Å². The van der Waals surface area contributed by atoms with E-state index in [0.717, 1.165) is 0 Å². The molecule has 0 radical (unpaired) electrons. The number of carbonyl (C=O) groups excluding carboxylic acids is 1. The molecule has 0 amide bonds. The normalized spacial score (nSPS) is 51.8. The maximum absolute atomic E-state index is 14.2. The molecular formula is C38H69NO12. The number of methoxy groups -OCH3 is 2. The van der Waals surface area contributed by atoms with Gasteiger partial charge in [0.1, 0.15) is 30.0 Å². The topological polar surface area (TPSA) is 155 Å². The summed E-state index contributed by atoms with van der Waals surface area (Å²) in [6.07, 6.45) is -5.53. The molecule has 0 spiro atoms. The largest absolute Gasteiger partial charge is 0.459 e. The molecule has 5 rings (SSSR count). The fraction of sp³-hybridized carbons (Fsp3) is 0.974. The van der Waals surface area contributed by atoms with E-state index in [2.05, 4.69) is 6.92 Å². The summed E-state index contributed by atoms with van der Waals surface area (Å²) < 4.78 is 51.1. The van der Waals surface area contributed by atoms with Crippen LogP contribution in [0.3, 0.4) is 0 Å². The number of likely N-dealkylation sites (N-methyl/N-ethyl adjacent to an activating group) is 1. The van der Waals surface area contributed by atoms with Crippen molar-refractivity contribution in [3.63, 3.8) is 0 Å². The standard InChI is InChI=1S/C38H69NO12/c1-15-26-38(10)34(43)37(9,51-38)18-20(2)17-36(8,45-14)31(50-33-28(40)25(39(11)12)16-21(3)46-33)22(4)29(23(5)32(42)48-26)49-27-19-35(7,44-13)30(41)24(6)47-27/h20-31,33-34,40-41,43H,15-19H2,1-14H3/t20-,21+,22-,23+,24-,25-,26-,27+,28-,29+,30+,31-,33-,34-,35-,36+,37+,38+/m0/s1. The molecule has 0 aromatic carbocycles. The Kier molecular flexibility index (Phi) is 13.4. The molecule has 13 nitrogen and oxygen atoms in total. The Morgan fingerprint density at radius 3 is 2.06 bits per heavy atom. The van der Waals surface area contributed by atoms with E-state index in [1.165, 1.54) is 0 Å². The minimum Gasteiger partial charge on any atom is -0.459 e. The van der Waals surface area contributed by atoms with E-state index in [1.807, 2.05) is 60.5 Å². The fourth-order valence-electron chi connectivity index (χ4n) is 9.58. The number of carbonyl (C=O) groups is 1. The van der Waals surface area contributed by atoms with Crippen LogP contribution in [-0.4, -0.2) is 144 Å². The molecule has 2 bridgehead atoms. The van der Waals surface area contributed by atoms with Crippen molar-refractivity contribution in [1.82, 2.24) is 4.90 Å². The van der Waals surface area contributed by atoms with Gasteiger partial charge in [-0.15, -0.1) is 0 Å². The second-order valence-electron chi connectivity index (χ2n) is 17.2. The van der Waals surface area contributed by atoms with Gasteiger partial charge in [-0.2, -0.15) is 0 Å². The van der Waals surface area contributed by atoms with Crippen LogP contribution in [0.1, 0.15) is 101 Å². The Morgan fingerprint density at radius 2 is 1.51 bits per heavy atom. The van der Waals surface area contributed by atoms with Gasteiger partial charge >= 0.3 is 5.97 Å². The predicted molar refractivity (Wildman–Crippen MR) is 189 cm³/mol. The number of aliphatic hydroxyl groups is 3. The minimum atomic E-state index is -1.09. The molecule has 0 aromatic heterocycles. The van der Waals surface area contributed by atoms with E-state index in [0.29, 0.717) is 25.7 Å². The number of aliphatic hydroxyl groups excluding tert-OH is 3. The lowest BCUT2D eigenvalue weighted by Gasteiger charge is -2.60. The first-order valence-electron chi connectivity index (χ1n) is 18.9. The zero-order valence-electron chi connectivity index (χ0n) is 33.6. The van der Waals surface area contributed by atoms with Crippen LogP contribution in [0.25, 0.3) is 0 Å². The Morgan fingerprint density at radius 1 is 0.882 bits per heavy atom. The summed E-state index contributed by atoms with van der Waals surface area (Å²) >= 11 is 0. The number of rotatable bonds is 8. The van der Waals surface area contributed by atoms with Crippen molar-refractivity contribution in [2.75, 3.05) is 28.3 Å². The number of nitrogens with zero attached hydrogens (tertiary/aromatic N) is 1. The average molecular weight is 732 g/mol. The summed E-state index contributed by atoms with van der Waals surface area (Å²) in [5.74, 6) is -1.96. The number of esters is 1. The summed E-state index contributed by atoms with van der Waals surface area (Å²) in [6, 6.07) is -0.214. The molecule has 0 unspecified atom stereocenters. The fourth-order valence-corrected chi connectivity index (χ4v) is 9.58. The molecule has 0 aromatic rings. The third-order valence-corrected chi connectivity index (χ3v) is 12.6. The molecule has 5 heterocycles. The Hall–Kier alpha value is -0.970. The van der Waals surface area contributed by atoms with E-state index in [1.54, 1.807) is 35.0 Å². The molecule has 3 N–H and O–H groups in total. The second-order valence-corrected chi connectivity index (χ2v) is 17.2. The highest BCUT2D eigenvalue weighted by atomic mass is 16.7. The zero-order valence-corrected chi connectivity index (χ0v) is 33.6. The maximum atomic E-state index is 14.2. The smallest absolute Gasteiger partial charge is 0.311 e. The van der Waals surface area contributed by atoms with Crippen LogP contribution in [0, 0.1) is 17.8 Å². The molecule has 18 atom stereocenters. The number of ether oxygens (including phenoxy) is 8. The minimum absolute atomic E-state index is 0.0168. The van der Waals surface area contributed by atoms with Gasteiger partial charge in [-0.25, -0.2) is 0 Å². The number of hydrogen-bond donors (Lipinski definition) is 3. The molecule has 5 saturated heterocycles. The SMILES string of the molecule is CC[C@@H]1OC(=O)[C@H](C)[C@H](O[C@@H]2C[C@](C)(OC)[C@H](O)[C@H](C)O2)[C@H](C)[C@H](O[C@@H]2O[C@H](C)C[C@H](N(C)C)[C@@H]2O)[C@](C)(OC)C[C@H](C)C[C@@]2(C)O[C@@]1(C)[C@H]2O. The molecule has 51 heavy (non-hydrogen) atoms. The van der Waals surface area contributed by atoms with Gasteiger partial charge in [0.2, 0.25) is 0 Å². The Balaban J connectivity index is 1.82. The zero-order chi connectivity index (χ0) is 38.4. The summed E-state index contributed by atoms with van der Waals surface area (Å²) in [5.41, 5.74) is -3.92. The first kappa shape index (κ1) is 42.8. The van der Waals surface area contributed by atoms with Crippen LogP contribution in [0.15, 0.2) is 0 Å². The van der Waals surface area contributed by atoms with Gasteiger partial charge in [0.25, 0.3) is 0 Å². The van der Waals surface area contributed by atoms with Crippen molar-refractivity contribution >= 4 is 5.97 Å². The Labute approximate surface area is 305 Å². The highest BCUT2D eigenvalue weighted by Crippen LogP contribution is 2.50. The van der Waals surface area contributed by atoms with Crippen molar-refractivity contribution in [2.45, 2.75) is 191 Å². The first-order valence-corrected chi connectivity index (χ1v) is 18.9. The summed E-state index contributed by atoms with van der Waals surface area (Å²) in [4.78, 5) is 16.2. The van der Waals surface area contributed by atoms with E-state index in [9.17, 15) is 20.1 Å². The Bertz CT molecular complexity index is 1180. The maximum Gasteiger partial charge on any atom is 0.311 e. The van der Waals surface area contributed by atoms with Crippen molar-refractivity contribution in [2.24, 2.45) is 17.8 Å². The van der Waals surface area contributed by atoms with Gasteiger partial charge in [-0.05, 0) is 94.2 Å². The summed E-state index contributed by atoms with van der Waals surface area (Å²) in [7, 11) is 7.02. The average Bonchev–Trinajstić information content (AvgIpc) is 3.06. The van der Waals surface area contributed by atoms with Crippen LogP contribution < -0.4 is 0 Å². The third-order valence-electron chi connectivity index (χ3n) is 12.6. The summed E-state index contributed by atoms with van der Waals surface area (Å²) in [5, 5.41) is 34.2. The molecule has 298 valence electrons. The van der Waals surface area contributed by atoms with Crippen LogP contribution in [-0.2, 0) is 42.7 Å². The lowest BCUT2D eigenvalue weighted by Crippen LogP contribution is -2.75.